The van der Waals surface area contributed by atoms with E-state index in [9.17, 15) is 0 Å². The Morgan fingerprint density at radius 1 is 1.07 bits per heavy atom. The van der Waals surface area contributed by atoms with Crippen molar-refractivity contribution < 1.29 is 9.16 Å². The molecule has 0 bridgehead atoms. The summed E-state index contributed by atoms with van der Waals surface area (Å²) in [6.45, 7) is 16.3. The fraction of sp³-hybridized carbons (Fsp3) is 0.714. The van der Waals surface area contributed by atoms with Crippen LogP contribution in [0.5, 0.6) is 5.75 Å². The summed E-state index contributed by atoms with van der Waals surface area (Å²) < 4.78 is 12.5. The number of benzene rings is 1. The van der Waals surface area contributed by atoms with E-state index in [1.54, 1.807) is 13.2 Å². The van der Waals surface area contributed by atoms with Gasteiger partial charge in [0.25, 0.3) is 0 Å². The van der Waals surface area contributed by atoms with Gasteiger partial charge in [-0.1, -0.05) is 64.7 Å². The minimum Gasteiger partial charge on any atom is -0.496 e. The molecule has 0 saturated heterocycles. The standard InChI is InChI=1S/C21H37Cl2NO2Si/c1-9-27(10-2,11-3)26-19(14-24-15(4)21(5,6)7)20-17(23)12-16(22)13-18(20)25-8/h12-13,15,19,24H,9-11,14H2,1-8H3. The molecule has 0 saturated carbocycles. The summed E-state index contributed by atoms with van der Waals surface area (Å²) in [4.78, 5) is 0. The van der Waals surface area contributed by atoms with Crippen LogP contribution >= 0.6 is 23.2 Å². The van der Waals surface area contributed by atoms with E-state index >= 15 is 0 Å². The number of hydrogen-bond donors (Lipinski definition) is 1. The monoisotopic (exact) mass is 433 g/mol. The van der Waals surface area contributed by atoms with Crippen LogP contribution < -0.4 is 10.1 Å². The first kappa shape index (κ1) is 24.8. The summed E-state index contributed by atoms with van der Waals surface area (Å²) in [5.74, 6) is 0.689. The van der Waals surface area contributed by atoms with Crippen LogP contribution in [0.4, 0.5) is 0 Å². The molecule has 1 aromatic carbocycles. The lowest BCUT2D eigenvalue weighted by Crippen LogP contribution is -2.44. The molecule has 6 heteroatoms. The van der Waals surface area contributed by atoms with Crippen LogP contribution in [0.3, 0.4) is 0 Å². The number of methoxy groups -OCH3 is 1. The minimum absolute atomic E-state index is 0.160. The van der Waals surface area contributed by atoms with E-state index in [0.717, 1.165) is 23.7 Å². The number of nitrogens with one attached hydrogen (secondary N) is 1. The highest BCUT2D eigenvalue weighted by atomic mass is 35.5. The van der Waals surface area contributed by atoms with Gasteiger partial charge in [-0.3, -0.25) is 0 Å². The van der Waals surface area contributed by atoms with E-state index < -0.39 is 8.32 Å². The third-order valence-electron chi connectivity index (χ3n) is 5.83. The Bertz CT molecular complexity index is 592. The molecule has 0 fully saturated rings. The van der Waals surface area contributed by atoms with Gasteiger partial charge in [0.1, 0.15) is 5.75 Å². The van der Waals surface area contributed by atoms with Crippen molar-refractivity contribution in [3.8, 4) is 5.75 Å². The second kappa shape index (κ2) is 10.5. The highest BCUT2D eigenvalue weighted by Crippen LogP contribution is 2.40. The molecule has 27 heavy (non-hydrogen) atoms. The van der Waals surface area contributed by atoms with Gasteiger partial charge in [-0.05, 0) is 42.6 Å². The fourth-order valence-corrected chi connectivity index (χ4v) is 6.54. The zero-order chi connectivity index (χ0) is 20.8. The summed E-state index contributed by atoms with van der Waals surface area (Å²) >= 11 is 12.8. The fourth-order valence-electron chi connectivity index (χ4n) is 3.14. The molecule has 0 aliphatic rings. The first-order chi connectivity index (χ1) is 12.5. The third-order valence-corrected chi connectivity index (χ3v) is 11.0. The van der Waals surface area contributed by atoms with Crippen LogP contribution in [-0.4, -0.2) is 28.0 Å². The number of ether oxygens (including phenoxy) is 1. The van der Waals surface area contributed by atoms with Crippen molar-refractivity contribution in [2.24, 2.45) is 5.41 Å². The number of halogens is 2. The van der Waals surface area contributed by atoms with Crippen LogP contribution in [0.25, 0.3) is 0 Å². The Labute approximate surface area is 177 Å². The van der Waals surface area contributed by atoms with Gasteiger partial charge >= 0.3 is 0 Å². The topological polar surface area (TPSA) is 30.5 Å². The Morgan fingerprint density at radius 2 is 1.63 bits per heavy atom. The predicted molar refractivity (Wildman–Crippen MR) is 121 cm³/mol. The van der Waals surface area contributed by atoms with Gasteiger partial charge in [-0.2, -0.15) is 0 Å². The highest BCUT2D eigenvalue weighted by molar-refractivity contribution is 6.73. The van der Waals surface area contributed by atoms with Gasteiger partial charge < -0.3 is 14.5 Å². The van der Waals surface area contributed by atoms with Gasteiger partial charge in [0.2, 0.25) is 0 Å². The lowest BCUT2D eigenvalue weighted by Gasteiger charge is -2.36. The maximum absolute atomic E-state index is 6.87. The molecule has 156 valence electrons. The molecule has 1 rings (SSSR count). The van der Waals surface area contributed by atoms with Crippen LogP contribution in [-0.2, 0) is 4.43 Å². The normalized spacial score (nSPS) is 14.9. The predicted octanol–water partition coefficient (Wildman–Crippen LogP) is 7.09. The lowest BCUT2D eigenvalue weighted by molar-refractivity contribution is 0.165. The number of hydrogen-bond acceptors (Lipinski definition) is 3. The van der Waals surface area contributed by atoms with Gasteiger partial charge in [-0.25, -0.2) is 0 Å². The van der Waals surface area contributed by atoms with Crippen molar-refractivity contribution in [2.45, 2.75) is 78.7 Å². The van der Waals surface area contributed by atoms with Crippen molar-refractivity contribution in [3.63, 3.8) is 0 Å². The Hall–Kier alpha value is -0.263. The second-order valence-electron chi connectivity index (χ2n) is 8.35. The van der Waals surface area contributed by atoms with Crippen molar-refractivity contribution >= 4 is 31.5 Å². The summed E-state index contributed by atoms with van der Waals surface area (Å²) in [5, 5.41) is 4.83. The van der Waals surface area contributed by atoms with E-state index in [4.69, 9.17) is 32.4 Å². The molecule has 2 unspecified atom stereocenters. The van der Waals surface area contributed by atoms with Crippen LogP contribution in [0.2, 0.25) is 28.2 Å². The molecule has 0 radical (unpaired) electrons. The molecule has 0 aliphatic heterocycles. The molecule has 1 aromatic rings. The Kier molecular flexibility index (Phi) is 9.63. The van der Waals surface area contributed by atoms with Gasteiger partial charge in [-0.15, -0.1) is 0 Å². The first-order valence-corrected chi connectivity index (χ1v) is 13.3. The average Bonchev–Trinajstić information content (AvgIpc) is 2.61. The molecule has 1 N–H and O–H groups in total. The maximum Gasteiger partial charge on any atom is 0.192 e. The van der Waals surface area contributed by atoms with E-state index in [1.165, 1.54) is 0 Å². The molecular formula is C21H37Cl2NO2Si. The molecule has 0 spiro atoms. The van der Waals surface area contributed by atoms with Gasteiger partial charge in [0.15, 0.2) is 8.32 Å². The molecular weight excluding hydrogens is 397 g/mol. The summed E-state index contributed by atoms with van der Waals surface area (Å²) in [6, 6.07) is 7.18. The SMILES string of the molecule is CC[Si](CC)(CC)OC(CNC(C)C(C)(C)C)c1c(Cl)cc(Cl)cc1OC. The third kappa shape index (κ3) is 6.64. The Balaban J connectivity index is 3.30. The van der Waals surface area contributed by atoms with Crippen molar-refractivity contribution in [1.29, 1.82) is 0 Å². The zero-order valence-corrected chi connectivity index (χ0v) is 20.7. The largest absolute Gasteiger partial charge is 0.496 e. The number of rotatable bonds is 10. The molecule has 0 aliphatic carbocycles. The smallest absolute Gasteiger partial charge is 0.192 e. The van der Waals surface area contributed by atoms with Crippen LogP contribution in [0.15, 0.2) is 12.1 Å². The molecule has 0 amide bonds. The first-order valence-electron chi connectivity index (χ1n) is 9.97. The van der Waals surface area contributed by atoms with E-state index in [-0.39, 0.29) is 11.5 Å². The van der Waals surface area contributed by atoms with Crippen molar-refractivity contribution in [1.82, 2.24) is 5.32 Å². The summed E-state index contributed by atoms with van der Waals surface area (Å²) in [7, 11) is -0.190. The molecule has 3 nitrogen and oxygen atoms in total. The van der Waals surface area contributed by atoms with Gasteiger partial charge in [0, 0.05) is 23.2 Å². The zero-order valence-electron chi connectivity index (χ0n) is 18.2. The molecule has 0 aromatic heterocycles. The lowest BCUT2D eigenvalue weighted by atomic mass is 9.88. The van der Waals surface area contributed by atoms with Crippen LogP contribution in [0, 0.1) is 5.41 Å². The molecule has 0 heterocycles. The second-order valence-corrected chi connectivity index (χ2v) is 13.9. The molecule has 2 atom stereocenters. The summed E-state index contributed by atoms with van der Waals surface area (Å²) in [5.41, 5.74) is 1.05. The van der Waals surface area contributed by atoms with E-state index in [2.05, 4.69) is 53.8 Å². The Morgan fingerprint density at radius 3 is 2.07 bits per heavy atom. The highest BCUT2D eigenvalue weighted by Gasteiger charge is 2.35. The average molecular weight is 435 g/mol. The van der Waals surface area contributed by atoms with E-state index in [1.807, 2.05) is 6.07 Å². The van der Waals surface area contributed by atoms with Crippen molar-refractivity contribution in [3.05, 3.63) is 27.7 Å². The quantitative estimate of drug-likeness (QED) is 0.399. The van der Waals surface area contributed by atoms with E-state index in [0.29, 0.717) is 28.4 Å². The minimum atomic E-state index is -1.84. The summed E-state index contributed by atoms with van der Waals surface area (Å²) in [6.07, 6.45) is -0.166. The van der Waals surface area contributed by atoms with Gasteiger partial charge in [0.05, 0.1) is 18.2 Å². The van der Waals surface area contributed by atoms with Crippen molar-refractivity contribution in [2.75, 3.05) is 13.7 Å². The maximum atomic E-state index is 6.87. The van der Waals surface area contributed by atoms with Crippen LogP contribution in [0.1, 0.15) is 60.1 Å².